The van der Waals surface area contributed by atoms with Gasteiger partial charge in [0, 0.05) is 24.9 Å². The molecule has 1 saturated heterocycles. The summed E-state index contributed by atoms with van der Waals surface area (Å²) in [6, 6.07) is 9.81. The van der Waals surface area contributed by atoms with Crippen molar-refractivity contribution >= 4 is 6.09 Å². The molecule has 20 heavy (non-hydrogen) atoms. The van der Waals surface area contributed by atoms with Crippen molar-refractivity contribution in [1.29, 1.82) is 0 Å². The summed E-state index contributed by atoms with van der Waals surface area (Å²) in [5.74, 6) is -0.0985. The zero-order valence-electron chi connectivity index (χ0n) is 12.3. The molecule has 0 radical (unpaired) electrons. The Kier molecular flexibility index (Phi) is 4.31. The average molecular weight is 279 g/mol. The fourth-order valence-corrected chi connectivity index (χ4v) is 2.58. The molecule has 110 valence electrons. The predicted octanol–water partition coefficient (Wildman–Crippen LogP) is 3.61. The average Bonchev–Trinajstić information content (AvgIpc) is 2.82. The van der Waals surface area contributed by atoms with Crippen molar-refractivity contribution in [2.45, 2.75) is 32.3 Å². The van der Waals surface area contributed by atoms with Gasteiger partial charge in [0.05, 0.1) is 6.67 Å². The zero-order valence-corrected chi connectivity index (χ0v) is 12.3. The quantitative estimate of drug-likeness (QED) is 0.827. The second-order valence-corrected chi connectivity index (χ2v) is 6.32. The Morgan fingerprint density at radius 1 is 1.30 bits per heavy atom. The maximum atomic E-state index is 13.2. The smallest absolute Gasteiger partial charge is 0.410 e. The van der Waals surface area contributed by atoms with Crippen LogP contribution in [0.15, 0.2) is 30.3 Å². The van der Waals surface area contributed by atoms with Crippen LogP contribution >= 0.6 is 0 Å². The van der Waals surface area contributed by atoms with Crippen LogP contribution in [0.3, 0.4) is 0 Å². The van der Waals surface area contributed by atoms with E-state index in [1.807, 2.05) is 51.1 Å². The Labute approximate surface area is 119 Å². The van der Waals surface area contributed by atoms with Crippen LogP contribution in [0.1, 0.15) is 32.3 Å². The van der Waals surface area contributed by atoms with Gasteiger partial charge in [0.25, 0.3) is 0 Å². The number of carbonyl (C=O) groups excluding carboxylic acids is 1. The number of benzene rings is 1. The first-order valence-electron chi connectivity index (χ1n) is 6.99. The van der Waals surface area contributed by atoms with E-state index in [4.69, 9.17) is 4.74 Å². The van der Waals surface area contributed by atoms with Gasteiger partial charge in [0.15, 0.2) is 0 Å². The standard InChI is InChI=1S/C16H22FNO2/c1-16(2,3)20-15(19)18-10-13(9-17)14(11-18)12-7-5-4-6-8-12/h4-8,13-14H,9-11H2,1-3H3/t13-,14+/m0/s1. The van der Waals surface area contributed by atoms with Gasteiger partial charge in [-0.1, -0.05) is 30.3 Å². The minimum absolute atomic E-state index is 0.0497. The Morgan fingerprint density at radius 2 is 1.95 bits per heavy atom. The van der Waals surface area contributed by atoms with E-state index in [2.05, 4.69) is 0 Å². The summed E-state index contributed by atoms with van der Waals surface area (Å²) >= 11 is 0. The molecule has 2 atom stereocenters. The van der Waals surface area contributed by atoms with Gasteiger partial charge < -0.3 is 9.64 Å². The summed E-state index contributed by atoms with van der Waals surface area (Å²) in [5, 5.41) is 0. The molecule has 1 heterocycles. The molecule has 0 bridgehead atoms. The van der Waals surface area contributed by atoms with Gasteiger partial charge in [-0.3, -0.25) is 4.39 Å². The minimum Gasteiger partial charge on any atom is -0.444 e. The minimum atomic E-state index is -0.521. The lowest BCUT2D eigenvalue weighted by atomic mass is 9.90. The van der Waals surface area contributed by atoms with E-state index in [1.54, 1.807) is 4.90 Å². The topological polar surface area (TPSA) is 29.5 Å². The number of amides is 1. The molecule has 0 aromatic heterocycles. The molecule has 0 unspecified atom stereocenters. The number of hydrogen-bond acceptors (Lipinski definition) is 2. The molecular formula is C16H22FNO2. The number of ether oxygens (including phenoxy) is 1. The number of likely N-dealkylation sites (tertiary alicyclic amines) is 1. The molecule has 0 saturated carbocycles. The first-order chi connectivity index (χ1) is 9.40. The predicted molar refractivity (Wildman–Crippen MR) is 76.5 cm³/mol. The van der Waals surface area contributed by atoms with E-state index in [1.165, 1.54) is 0 Å². The molecule has 1 fully saturated rings. The van der Waals surface area contributed by atoms with Gasteiger partial charge >= 0.3 is 6.09 Å². The highest BCUT2D eigenvalue weighted by Crippen LogP contribution is 2.33. The third-order valence-electron chi connectivity index (χ3n) is 3.52. The van der Waals surface area contributed by atoms with E-state index in [-0.39, 0.29) is 17.9 Å². The van der Waals surface area contributed by atoms with Crippen LogP contribution in [0.25, 0.3) is 0 Å². The zero-order chi connectivity index (χ0) is 14.8. The van der Waals surface area contributed by atoms with Gasteiger partial charge in [-0.05, 0) is 26.3 Å². The molecule has 1 aromatic rings. The molecule has 0 spiro atoms. The normalized spacial score (nSPS) is 22.9. The van der Waals surface area contributed by atoms with Crippen LogP contribution in [-0.4, -0.2) is 36.4 Å². The van der Waals surface area contributed by atoms with Crippen molar-refractivity contribution < 1.29 is 13.9 Å². The van der Waals surface area contributed by atoms with Crippen molar-refractivity contribution in [3.63, 3.8) is 0 Å². The lowest BCUT2D eigenvalue weighted by Gasteiger charge is -2.24. The molecule has 2 rings (SSSR count). The van der Waals surface area contributed by atoms with E-state index in [0.29, 0.717) is 13.1 Å². The lowest BCUT2D eigenvalue weighted by Crippen LogP contribution is -2.35. The van der Waals surface area contributed by atoms with Crippen molar-refractivity contribution in [2.75, 3.05) is 19.8 Å². The number of carbonyl (C=O) groups is 1. The largest absolute Gasteiger partial charge is 0.444 e. The number of rotatable bonds is 2. The number of halogens is 1. The molecule has 0 aliphatic carbocycles. The van der Waals surface area contributed by atoms with E-state index in [0.717, 1.165) is 5.56 Å². The summed E-state index contributed by atoms with van der Waals surface area (Å²) in [7, 11) is 0. The molecule has 1 aromatic carbocycles. The van der Waals surface area contributed by atoms with Crippen LogP contribution < -0.4 is 0 Å². The Hall–Kier alpha value is -1.58. The van der Waals surface area contributed by atoms with Crippen LogP contribution in [0.2, 0.25) is 0 Å². The third-order valence-corrected chi connectivity index (χ3v) is 3.52. The van der Waals surface area contributed by atoms with E-state index < -0.39 is 12.3 Å². The van der Waals surface area contributed by atoms with Crippen LogP contribution in [0.4, 0.5) is 9.18 Å². The van der Waals surface area contributed by atoms with Gasteiger partial charge in [-0.15, -0.1) is 0 Å². The molecular weight excluding hydrogens is 257 g/mol. The molecule has 1 amide bonds. The van der Waals surface area contributed by atoms with E-state index >= 15 is 0 Å². The fraction of sp³-hybridized carbons (Fsp3) is 0.562. The number of nitrogens with zero attached hydrogens (tertiary/aromatic N) is 1. The highest BCUT2D eigenvalue weighted by molar-refractivity contribution is 5.68. The van der Waals surface area contributed by atoms with Crippen LogP contribution in [0.5, 0.6) is 0 Å². The Morgan fingerprint density at radius 3 is 2.50 bits per heavy atom. The summed E-state index contributed by atoms with van der Waals surface area (Å²) in [4.78, 5) is 13.7. The maximum absolute atomic E-state index is 13.2. The number of alkyl halides is 1. The Bertz CT molecular complexity index is 455. The summed E-state index contributed by atoms with van der Waals surface area (Å²) < 4.78 is 18.6. The monoisotopic (exact) mass is 279 g/mol. The second-order valence-electron chi connectivity index (χ2n) is 6.32. The van der Waals surface area contributed by atoms with Gasteiger partial charge in [-0.2, -0.15) is 0 Å². The third kappa shape index (κ3) is 3.50. The second kappa shape index (κ2) is 5.81. The lowest BCUT2D eigenvalue weighted by molar-refractivity contribution is 0.0285. The Balaban J connectivity index is 2.08. The molecule has 1 aliphatic heterocycles. The summed E-state index contributed by atoms with van der Waals surface area (Å²) in [6.45, 7) is 6.03. The molecule has 3 nitrogen and oxygen atoms in total. The van der Waals surface area contributed by atoms with Crippen molar-refractivity contribution in [3.8, 4) is 0 Å². The van der Waals surface area contributed by atoms with Gasteiger partial charge in [-0.25, -0.2) is 4.79 Å². The van der Waals surface area contributed by atoms with Crippen molar-refractivity contribution in [3.05, 3.63) is 35.9 Å². The van der Waals surface area contributed by atoms with E-state index in [9.17, 15) is 9.18 Å². The highest BCUT2D eigenvalue weighted by Gasteiger charge is 2.37. The first-order valence-corrected chi connectivity index (χ1v) is 6.99. The maximum Gasteiger partial charge on any atom is 0.410 e. The SMILES string of the molecule is CC(C)(C)OC(=O)N1C[C@H](CF)[C@@H](c2ccccc2)C1. The fourth-order valence-electron chi connectivity index (χ4n) is 2.58. The van der Waals surface area contributed by atoms with Gasteiger partial charge in [0.2, 0.25) is 0 Å². The first kappa shape index (κ1) is 14.8. The molecule has 0 N–H and O–H groups in total. The molecule has 1 aliphatic rings. The van der Waals surface area contributed by atoms with Crippen LogP contribution in [0, 0.1) is 5.92 Å². The van der Waals surface area contributed by atoms with Crippen molar-refractivity contribution in [1.82, 2.24) is 4.90 Å². The van der Waals surface area contributed by atoms with Gasteiger partial charge in [0.1, 0.15) is 5.60 Å². The summed E-state index contributed by atoms with van der Waals surface area (Å²) in [5.41, 5.74) is 0.564. The number of hydrogen-bond donors (Lipinski definition) is 0. The summed E-state index contributed by atoms with van der Waals surface area (Å²) in [6.07, 6.45) is -0.352. The van der Waals surface area contributed by atoms with Crippen molar-refractivity contribution in [2.24, 2.45) is 5.92 Å². The molecule has 4 heteroatoms. The highest BCUT2D eigenvalue weighted by atomic mass is 19.1. The van der Waals surface area contributed by atoms with Crippen LogP contribution in [-0.2, 0) is 4.74 Å².